The number of aromatic nitrogens is 2. The van der Waals surface area contributed by atoms with E-state index in [2.05, 4.69) is 107 Å². The van der Waals surface area contributed by atoms with Gasteiger partial charge in [-0.15, -0.1) is 23.8 Å². The average molecular weight is 886 g/mol. The van der Waals surface area contributed by atoms with E-state index in [1.54, 1.807) is 17.5 Å². The summed E-state index contributed by atoms with van der Waals surface area (Å²) in [5.41, 5.74) is 5.99. The maximum absolute atomic E-state index is 8.89. The Labute approximate surface area is 308 Å². The van der Waals surface area contributed by atoms with Crippen molar-refractivity contribution in [2.45, 2.75) is 62.7 Å². The van der Waals surface area contributed by atoms with Gasteiger partial charge in [0.1, 0.15) is 0 Å². The zero-order chi connectivity index (χ0) is 34.2. The second kappa shape index (κ2) is 15.2. The number of pyridine rings is 2. The molecule has 0 amide bonds. The summed E-state index contributed by atoms with van der Waals surface area (Å²) >= 11 is 0.0164. The smallest absolute Gasteiger partial charge is 0.0319 e. The van der Waals surface area contributed by atoms with Gasteiger partial charge in [0.25, 0.3) is 0 Å². The molecule has 1 radical (unpaired) electrons. The summed E-state index contributed by atoms with van der Waals surface area (Å²) in [5, 5.41) is 4.99. The van der Waals surface area contributed by atoms with Crippen molar-refractivity contribution in [1.29, 1.82) is 0 Å². The number of benzene rings is 4. The number of nitrogens with zero attached hydrogens (tertiary/aromatic N) is 2. The molecule has 0 atom stereocenters. The molecule has 0 unspecified atom stereocenters. The molecule has 5 heteroatoms. The third kappa shape index (κ3) is 7.53. The Balaban J connectivity index is 0.000000204. The number of fused-ring (bicyclic) bond motifs is 5. The van der Waals surface area contributed by atoms with Gasteiger partial charge in [0.05, 0.1) is 0 Å². The Kier molecular flexibility index (Phi) is 10.1. The number of aryl methyl sites for hydroxylation is 1. The normalized spacial score (nSPS) is 14.6. The zero-order valence-electron chi connectivity index (χ0n) is 30.1. The molecule has 0 spiro atoms. The number of thiophene rings is 1. The van der Waals surface area contributed by atoms with Crippen LogP contribution in [0.25, 0.3) is 53.5 Å². The molecule has 245 valence electrons. The minimum atomic E-state index is -1.77. The van der Waals surface area contributed by atoms with Gasteiger partial charge in [0.2, 0.25) is 0 Å². The maximum Gasteiger partial charge on any atom is 0.0319 e. The first kappa shape index (κ1) is 32.1. The molecule has 1 aliphatic carbocycles. The van der Waals surface area contributed by atoms with Crippen LogP contribution < -0.4 is 4.40 Å². The molecule has 48 heavy (non-hydrogen) atoms. The summed E-state index contributed by atoms with van der Waals surface area (Å²) < 4.78 is 21.7. The van der Waals surface area contributed by atoms with Crippen molar-refractivity contribution in [2.75, 3.05) is 0 Å². The van der Waals surface area contributed by atoms with Crippen LogP contribution in [0, 0.1) is 25.0 Å². The predicted molar refractivity (Wildman–Crippen MR) is 205 cm³/mol. The first-order chi connectivity index (χ1) is 23.6. The van der Waals surface area contributed by atoms with Crippen LogP contribution in [0.2, 0.25) is 17.3 Å². The van der Waals surface area contributed by atoms with Gasteiger partial charge in [0, 0.05) is 33.7 Å². The van der Waals surface area contributed by atoms with Gasteiger partial charge in [-0.1, -0.05) is 85.5 Å². The number of rotatable bonds is 5. The van der Waals surface area contributed by atoms with Crippen LogP contribution in [0.1, 0.15) is 46.0 Å². The van der Waals surface area contributed by atoms with Crippen molar-refractivity contribution in [3.8, 4) is 22.5 Å². The van der Waals surface area contributed by atoms with Crippen LogP contribution in [-0.2, 0) is 26.5 Å². The summed E-state index contributed by atoms with van der Waals surface area (Å²) in [7, 11) is 0. The Morgan fingerprint density at radius 2 is 1.58 bits per heavy atom. The van der Waals surface area contributed by atoms with Gasteiger partial charge in [-0.25, -0.2) is 0 Å². The van der Waals surface area contributed by atoms with Crippen molar-refractivity contribution in [2.24, 2.45) is 5.92 Å². The summed E-state index contributed by atoms with van der Waals surface area (Å²) in [4.78, 5) is 9.25. The van der Waals surface area contributed by atoms with Crippen molar-refractivity contribution in [1.82, 2.24) is 9.97 Å². The van der Waals surface area contributed by atoms with E-state index in [0.717, 1.165) is 53.8 Å². The molecule has 0 N–H and O–H groups in total. The minimum absolute atomic E-state index is 0. The van der Waals surface area contributed by atoms with E-state index in [0.29, 0.717) is 0 Å². The van der Waals surface area contributed by atoms with E-state index >= 15 is 0 Å². The maximum atomic E-state index is 8.89. The van der Waals surface area contributed by atoms with Gasteiger partial charge in [-0.2, -0.15) is 11.3 Å². The third-order valence-corrected chi connectivity index (χ3v) is 15.0. The molecule has 1 saturated carbocycles. The van der Waals surface area contributed by atoms with Crippen molar-refractivity contribution in [3.05, 3.63) is 127 Å². The number of hydrogen-bond acceptors (Lipinski definition) is 3. The van der Waals surface area contributed by atoms with Gasteiger partial charge in [0.15, 0.2) is 0 Å². The molecule has 4 aromatic carbocycles. The van der Waals surface area contributed by atoms with Crippen LogP contribution in [0.5, 0.6) is 0 Å². The molecule has 3 heterocycles. The first-order valence-electron chi connectivity index (χ1n) is 17.8. The zero-order valence-corrected chi connectivity index (χ0v) is 33.4. The largest absolute Gasteiger partial charge is 0.305 e. The van der Waals surface area contributed by atoms with Crippen molar-refractivity contribution in [3.63, 3.8) is 0 Å². The minimum Gasteiger partial charge on any atom is -0.305 e. The molecular weight excluding hydrogens is 841 g/mol. The molecule has 0 saturated heterocycles. The van der Waals surface area contributed by atoms with Crippen LogP contribution in [0.15, 0.2) is 103 Å². The Morgan fingerprint density at radius 3 is 2.35 bits per heavy atom. The van der Waals surface area contributed by atoms with Crippen LogP contribution >= 0.6 is 11.3 Å². The molecule has 0 bridgehead atoms. The fourth-order valence-electron chi connectivity index (χ4n) is 6.84. The second-order valence-corrected chi connectivity index (χ2v) is 25.3. The van der Waals surface area contributed by atoms with E-state index in [-0.39, 0.29) is 26.0 Å². The van der Waals surface area contributed by atoms with Gasteiger partial charge in [-0.3, -0.25) is 0 Å². The topological polar surface area (TPSA) is 25.8 Å². The van der Waals surface area contributed by atoms with Gasteiger partial charge >= 0.3 is 106 Å². The summed E-state index contributed by atoms with van der Waals surface area (Å²) in [6.07, 6.45) is 7.93. The molecule has 2 nitrogen and oxygen atoms in total. The second-order valence-electron chi connectivity index (χ2n) is 13.7. The average Bonchev–Trinajstić information content (AvgIpc) is 3.52. The molecular formula is C43H42GeIrN2S-2. The fourth-order valence-corrected chi connectivity index (χ4v) is 11.8. The summed E-state index contributed by atoms with van der Waals surface area (Å²) in [5.74, 6) is 7.29. The summed E-state index contributed by atoms with van der Waals surface area (Å²) in [6.45, 7) is 2.19. The van der Waals surface area contributed by atoms with E-state index in [1.165, 1.54) is 47.3 Å². The molecule has 0 aliphatic heterocycles. The molecule has 8 rings (SSSR count). The number of hydrogen-bond donors (Lipinski definition) is 0. The van der Waals surface area contributed by atoms with E-state index in [4.69, 9.17) is 2.74 Å². The SMILES string of the molecule is Cc1cc(-c2[c-]cccc2)nc[c]1[Ge]([CH3])([CH3])[CH3].[2H]C([2H])(c1ccnc(-c2[c-]ccc3c2sc2c4ccccc4ccc32)c1)C1CCCCC1.[Ir]. The Morgan fingerprint density at radius 1 is 0.792 bits per heavy atom. The van der Waals surface area contributed by atoms with Gasteiger partial charge < -0.3 is 4.98 Å². The van der Waals surface area contributed by atoms with Gasteiger partial charge in [-0.05, 0) is 44.9 Å². The van der Waals surface area contributed by atoms with Crippen molar-refractivity contribution < 1.29 is 22.8 Å². The first-order valence-corrected chi connectivity index (χ1v) is 24.9. The standard InChI is InChI=1S/C28H24NS.C15H18GeN.Ir/c1-2-7-19(8-3-1)17-20-15-16-29-26(18-20)25-12-6-11-23-24-14-13-21-9-4-5-10-22(21)27(24)30-28(23)25;1-12-10-15(13-8-6-5-7-9-13)17-11-14(12)16(2,3)4;/h4-6,9-11,13-16,18-19H,1-3,7-8,17H2;5-8,10-11H,1-4H3;/q2*-1;/i17D2;;. The fraction of sp³-hybridized carbons (Fsp3) is 0.256. The van der Waals surface area contributed by atoms with Crippen LogP contribution in [0.4, 0.5) is 0 Å². The van der Waals surface area contributed by atoms with Crippen LogP contribution in [-0.4, -0.2) is 23.2 Å². The summed E-state index contributed by atoms with van der Waals surface area (Å²) in [6, 6.07) is 37.7. The Bertz CT molecular complexity index is 2260. The van der Waals surface area contributed by atoms with Crippen LogP contribution in [0.3, 0.4) is 0 Å². The monoisotopic (exact) mass is 887 g/mol. The van der Waals surface area contributed by atoms with E-state index in [1.807, 2.05) is 36.4 Å². The Hall–Kier alpha value is -3.15. The quantitative estimate of drug-likeness (QED) is 0.127. The molecule has 3 aromatic heterocycles. The van der Waals surface area contributed by atoms with E-state index in [9.17, 15) is 0 Å². The third-order valence-electron chi connectivity index (χ3n) is 9.22. The molecule has 7 aromatic rings. The van der Waals surface area contributed by atoms with Crippen molar-refractivity contribution >= 4 is 59.9 Å². The van der Waals surface area contributed by atoms with E-state index < -0.39 is 19.6 Å². The molecule has 1 aliphatic rings. The predicted octanol–water partition coefficient (Wildman–Crippen LogP) is 11.6. The molecule has 1 fully saturated rings.